The maximum atomic E-state index is 14.8. The quantitative estimate of drug-likeness (QED) is 0.355. The van der Waals surface area contributed by atoms with E-state index in [4.69, 9.17) is 0 Å². The standard InChI is InChI=1S/C33H44FN3O/c1-4-33(34,5-2)24-36-19-16-26(17-20-36)8-9-29-14-15-30(21-31(29)22-35)28-12-10-27(11-13-28)25(3)37-18-6-7-32(37)23-38/h10-15,21,26,32,38H,3-9,16-20,23-24H2,1-2H3. The first-order valence-corrected chi connectivity index (χ1v) is 14.5. The van der Waals surface area contributed by atoms with Crippen molar-refractivity contribution in [1.82, 2.24) is 9.80 Å². The molecule has 4 rings (SSSR count). The van der Waals surface area contributed by atoms with E-state index in [0.717, 1.165) is 91.7 Å². The van der Waals surface area contributed by atoms with Gasteiger partial charge in [0, 0.05) is 18.8 Å². The smallest absolute Gasteiger partial charge is 0.123 e. The van der Waals surface area contributed by atoms with Gasteiger partial charge in [0.15, 0.2) is 0 Å². The molecule has 2 aromatic carbocycles. The summed E-state index contributed by atoms with van der Waals surface area (Å²) in [7, 11) is 0. The second-order valence-electron chi connectivity index (χ2n) is 11.3. The van der Waals surface area contributed by atoms with Crippen LogP contribution in [0, 0.1) is 17.2 Å². The number of benzene rings is 2. The van der Waals surface area contributed by atoms with Crippen molar-refractivity contribution in [2.45, 2.75) is 76.9 Å². The lowest BCUT2D eigenvalue weighted by Gasteiger charge is -2.36. The summed E-state index contributed by atoms with van der Waals surface area (Å²) in [6.45, 7) is 11.8. The minimum atomic E-state index is -1.05. The van der Waals surface area contributed by atoms with Gasteiger partial charge in [0.25, 0.3) is 0 Å². The average Bonchev–Trinajstić information content (AvgIpc) is 3.45. The van der Waals surface area contributed by atoms with Gasteiger partial charge in [0.2, 0.25) is 0 Å². The van der Waals surface area contributed by atoms with Crippen molar-refractivity contribution in [2.24, 2.45) is 5.92 Å². The number of hydrogen-bond donors (Lipinski definition) is 1. The molecule has 204 valence electrons. The fraction of sp³-hybridized carbons (Fsp3) is 0.545. The number of likely N-dealkylation sites (tertiary alicyclic amines) is 2. The maximum absolute atomic E-state index is 14.8. The Morgan fingerprint density at radius 3 is 2.37 bits per heavy atom. The van der Waals surface area contributed by atoms with Gasteiger partial charge >= 0.3 is 0 Å². The summed E-state index contributed by atoms with van der Waals surface area (Å²) in [4.78, 5) is 4.52. The van der Waals surface area contributed by atoms with Crippen LogP contribution in [-0.2, 0) is 6.42 Å². The van der Waals surface area contributed by atoms with Crippen molar-refractivity contribution in [3.63, 3.8) is 0 Å². The molecule has 0 spiro atoms. The van der Waals surface area contributed by atoms with Crippen LogP contribution in [0.4, 0.5) is 4.39 Å². The Balaban J connectivity index is 1.33. The SMILES string of the molecule is C=C(c1ccc(-c2ccc(CCC3CCN(CC(F)(CC)CC)CC3)c(C#N)c2)cc1)N1CCCC1CO. The van der Waals surface area contributed by atoms with Gasteiger partial charge in [0.05, 0.1) is 24.3 Å². The van der Waals surface area contributed by atoms with Crippen molar-refractivity contribution in [1.29, 1.82) is 5.26 Å². The summed E-state index contributed by atoms with van der Waals surface area (Å²) in [6, 6.07) is 17.2. The van der Waals surface area contributed by atoms with Crippen LogP contribution in [-0.4, -0.2) is 59.4 Å². The second kappa shape index (κ2) is 12.9. The molecule has 0 saturated carbocycles. The molecule has 0 amide bonds. The topological polar surface area (TPSA) is 50.5 Å². The van der Waals surface area contributed by atoms with Gasteiger partial charge < -0.3 is 14.9 Å². The molecule has 2 aliphatic rings. The second-order valence-corrected chi connectivity index (χ2v) is 11.3. The molecule has 2 heterocycles. The molecule has 2 aromatic rings. The number of rotatable bonds is 11. The van der Waals surface area contributed by atoms with Gasteiger partial charge in [-0.1, -0.05) is 56.8 Å². The first kappa shape index (κ1) is 28.3. The molecule has 0 aromatic heterocycles. The molecule has 5 heteroatoms. The highest BCUT2D eigenvalue weighted by atomic mass is 19.1. The zero-order valence-corrected chi connectivity index (χ0v) is 23.3. The lowest BCUT2D eigenvalue weighted by atomic mass is 9.88. The summed E-state index contributed by atoms with van der Waals surface area (Å²) in [5.74, 6) is 0.636. The Hall–Kier alpha value is -2.68. The van der Waals surface area contributed by atoms with Crippen molar-refractivity contribution in [3.05, 3.63) is 65.7 Å². The number of hydrogen-bond acceptors (Lipinski definition) is 4. The minimum Gasteiger partial charge on any atom is -0.394 e. The first-order valence-electron chi connectivity index (χ1n) is 14.5. The summed E-state index contributed by atoms with van der Waals surface area (Å²) in [5.41, 5.74) is 4.98. The summed E-state index contributed by atoms with van der Waals surface area (Å²) in [6.07, 6.45) is 7.46. The van der Waals surface area contributed by atoms with E-state index in [1.165, 1.54) is 0 Å². The number of halogens is 1. The Morgan fingerprint density at radius 1 is 1.05 bits per heavy atom. The molecular formula is C33H44FN3O. The lowest BCUT2D eigenvalue weighted by molar-refractivity contribution is 0.0628. The highest BCUT2D eigenvalue weighted by Gasteiger charge is 2.30. The van der Waals surface area contributed by atoms with Crippen molar-refractivity contribution in [3.8, 4) is 17.2 Å². The average molecular weight is 518 g/mol. The van der Waals surface area contributed by atoms with Crippen molar-refractivity contribution >= 4 is 5.70 Å². The predicted molar refractivity (Wildman–Crippen MR) is 154 cm³/mol. The van der Waals surface area contributed by atoms with E-state index in [9.17, 15) is 14.8 Å². The van der Waals surface area contributed by atoms with E-state index in [1.54, 1.807) is 0 Å². The van der Waals surface area contributed by atoms with Crippen molar-refractivity contribution < 1.29 is 9.50 Å². The summed E-state index contributed by atoms with van der Waals surface area (Å²) < 4.78 is 14.8. The Bertz CT molecular complexity index is 1110. The number of nitrogens with zero attached hydrogens (tertiary/aromatic N) is 3. The molecule has 4 nitrogen and oxygen atoms in total. The molecule has 0 radical (unpaired) electrons. The zero-order valence-electron chi connectivity index (χ0n) is 23.3. The van der Waals surface area contributed by atoms with Gasteiger partial charge in [-0.25, -0.2) is 4.39 Å². The third-order valence-corrected chi connectivity index (χ3v) is 9.02. The molecule has 1 unspecified atom stereocenters. The molecule has 0 bridgehead atoms. The fourth-order valence-electron chi connectivity index (χ4n) is 6.15. The van der Waals surface area contributed by atoms with E-state index >= 15 is 0 Å². The molecule has 1 N–H and O–H groups in total. The van der Waals surface area contributed by atoms with Crippen molar-refractivity contribution in [2.75, 3.05) is 32.8 Å². The fourth-order valence-corrected chi connectivity index (χ4v) is 6.15. The highest BCUT2D eigenvalue weighted by molar-refractivity contribution is 5.70. The molecular weight excluding hydrogens is 473 g/mol. The molecule has 2 fully saturated rings. The summed E-state index contributed by atoms with van der Waals surface area (Å²) in [5, 5.41) is 19.5. The normalized spacial score (nSPS) is 19.0. The van der Waals surface area contributed by atoms with Gasteiger partial charge in [-0.3, -0.25) is 0 Å². The van der Waals surface area contributed by atoms with Gasteiger partial charge in [0.1, 0.15) is 5.67 Å². The third kappa shape index (κ3) is 6.65. The number of aliphatic hydroxyl groups excluding tert-OH is 1. The molecule has 2 aliphatic heterocycles. The molecule has 2 saturated heterocycles. The van der Waals surface area contributed by atoms with Crippen LogP contribution in [0.25, 0.3) is 16.8 Å². The number of piperidine rings is 1. The lowest BCUT2D eigenvalue weighted by Crippen LogP contribution is -2.43. The van der Waals surface area contributed by atoms with Crippen LogP contribution in [0.2, 0.25) is 0 Å². The van der Waals surface area contributed by atoms with Crippen LogP contribution in [0.1, 0.15) is 75.5 Å². The summed E-state index contributed by atoms with van der Waals surface area (Å²) >= 11 is 0. The van der Waals surface area contributed by atoms with Crippen LogP contribution >= 0.6 is 0 Å². The number of alkyl halides is 1. The van der Waals surface area contributed by atoms with Crippen LogP contribution in [0.3, 0.4) is 0 Å². The predicted octanol–water partition coefficient (Wildman–Crippen LogP) is 6.83. The van der Waals surface area contributed by atoms with Gasteiger partial charge in [-0.05, 0) is 98.7 Å². The van der Waals surface area contributed by atoms with Gasteiger partial charge in [-0.15, -0.1) is 0 Å². The largest absolute Gasteiger partial charge is 0.394 e. The van der Waals surface area contributed by atoms with E-state index in [-0.39, 0.29) is 12.6 Å². The Morgan fingerprint density at radius 2 is 1.74 bits per heavy atom. The third-order valence-electron chi connectivity index (χ3n) is 9.02. The highest BCUT2D eigenvalue weighted by Crippen LogP contribution is 2.31. The monoisotopic (exact) mass is 517 g/mol. The first-order chi connectivity index (χ1) is 18.4. The molecule has 38 heavy (non-hydrogen) atoms. The van der Waals surface area contributed by atoms with Crippen LogP contribution in [0.15, 0.2) is 49.0 Å². The number of aryl methyl sites for hydroxylation is 1. The van der Waals surface area contributed by atoms with E-state index < -0.39 is 5.67 Å². The van der Waals surface area contributed by atoms with E-state index in [2.05, 4.69) is 58.8 Å². The number of nitriles is 1. The van der Waals surface area contributed by atoms with Gasteiger partial charge in [-0.2, -0.15) is 5.26 Å². The van der Waals surface area contributed by atoms with E-state index in [0.29, 0.717) is 25.3 Å². The molecule has 1 atom stereocenters. The zero-order chi connectivity index (χ0) is 27.1. The van der Waals surface area contributed by atoms with Crippen LogP contribution in [0.5, 0.6) is 0 Å². The Labute approximate surface area is 228 Å². The van der Waals surface area contributed by atoms with E-state index in [1.807, 2.05) is 19.9 Å². The molecule has 0 aliphatic carbocycles. The minimum absolute atomic E-state index is 0.164. The maximum Gasteiger partial charge on any atom is 0.123 e. The number of aliphatic hydroxyl groups is 1. The Kier molecular flexibility index (Phi) is 9.63. The van der Waals surface area contributed by atoms with Crippen LogP contribution < -0.4 is 0 Å².